The van der Waals surface area contributed by atoms with Crippen LogP contribution in [-0.4, -0.2) is 50.3 Å². The fraction of sp³-hybridized carbons (Fsp3) is 0.632. The van der Waals surface area contributed by atoms with Gasteiger partial charge in [0.2, 0.25) is 0 Å². The van der Waals surface area contributed by atoms with Crippen LogP contribution in [-0.2, 0) is 0 Å². The molecular formula is C19H29N3O2. The van der Waals surface area contributed by atoms with E-state index in [9.17, 15) is 4.79 Å². The summed E-state index contributed by atoms with van der Waals surface area (Å²) < 4.78 is 5.46. The summed E-state index contributed by atoms with van der Waals surface area (Å²) in [6.07, 6.45) is 4.59. The van der Waals surface area contributed by atoms with E-state index < -0.39 is 0 Å². The number of nitrogens with zero attached hydrogens (tertiary/aromatic N) is 2. The molecule has 0 radical (unpaired) electrons. The fourth-order valence-corrected chi connectivity index (χ4v) is 3.84. The van der Waals surface area contributed by atoms with Gasteiger partial charge in [0.15, 0.2) is 0 Å². The Kier molecular flexibility index (Phi) is 5.48. The van der Waals surface area contributed by atoms with Gasteiger partial charge in [0.25, 0.3) is 0 Å². The lowest BCUT2D eigenvalue weighted by Gasteiger charge is -2.33. The van der Waals surface area contributed by atoms with Crippen LogP contribution in [0.1, 0.15) is 32.6 Å². The molecule has 2 aliphatic heterocycles. The Balaban J connectivity index is 1.50. The van der Waals surface area contributed by atoms with Crippen molar-refractivity contribution in [3.63, 3.8) is 0 Å². The Morgan fingerprint density at radius 3 is 2.88 bits per heavy atom. The average molecular weight is 331 g/mol. The standard InChI is InChI=1S/C19H29N3O2/c1-15-7-5-6-11-22(15)19(23)20-13-16-10-12-21(14-16)17-8-3-4-9-18(17)24-2/h3-4,8-9,15-16H,5-7,10-14H2,1-2H3,(H,20,23)/t15-,16-/m0/s1. The van der Waals surface area contributed by atoms with Gasteiger partial charge in [-0.15, -0.1) is 0 Å². The van der Waals surface area contributed by atoms with E-state index in [-0.39, 0.29) is 6.03 Å². The number of carbonyl (C=O) groups excluding carboxylic acids is 1. The molecule has 1 aromatic carbocycles. The normalized spacial score (nSPS) is 24.1. The maximum Gasteiger partial charge on any atom is 0.317 e. The second-order valence-electron chi connectivity index (χ2n) is 7.00. The summed E-state index contributed by atoms with van der Waals surface area (Å²) in [5.41, 5.74) is 1.15. The van der Waals surface area contributed by atoms with Gasteiger partial charge in [-0.25, -0.2) is 4.79 Å². The van der Waals surface area contributed by atoms with Crippen LogP contribution in [0, 0.1) is 5.92 Å². The van der Waals surface area contributed by atoms with Gasteiger partial charge < -0.3 is 19.9 Å². The summed E-state index contributed by atoms with van der Waals surface area (Å²) in [5, 5.41) is 3.15. The van der Waals surface area contributed by atoms with E-state index in [1.807, 2.05) is 23.1 Å². The maximum absolute atomic E-state index is 12.4. The largest absolute Gasteiger partial charge is 0.495 e. The molecule has 5 heteroatoms. The smallest absolute Gasteiger partial charge is 0.317 e. The Labute approximate surface area is 145 Å². The first-order valence-corrected chi connectivity index (χ1v) is 9.11. The summed E-state index contributed by atoms with van der Waals surface area (Å²) in [6, 6.07) is 8.63. The molecule has 1 N–H and O–H groups in total. The molecule has 0 aliphatic carbocycles. The van der Waals surface area contributed by atoms with Crippen LogP contribution in [0.3, 0.4) is 0 Å². The number of hydrogen-bond acceptors (Lipinski definition) is 3. The van der Waals surface area contributed by atoms with E-state index in [1.54, 1.807) is 7.11 Å². The highest BCUT2D eigenvalue weighted by atomic mass is 16.5. The maximum atomic E-state index is 12.4. The van der Waals surface area contributed by atoms with Crippen LogP contribution >= 0.6 is 0 Å². The number of hydrogen-bond donors (Lipinski definition) is 1. The minimum Gasteiger partial charge on any atom is -0.495 e. The van der Waals surface area contributed by atoms with Crippen molar-refractivity contribution in [2.24, 2.45) is 5.92 Å². The third-order valence-electron chi connectivity index (χ3n) is 5.32. The zero-order valence-electron chi connectivity index (χ0n) is 14.8. The van der Waals surface area contributed by atoms with Gasteiger partial charge in [-0.05, 0) is 50.7 Å². The van der Waals surface area contributed by atoms with Crippen LogP contribution in [0.4, 0.5) is 10.5 Å². The third-order valence-corrected chi connectivity index (χ3v) is 5.32. The zero-order chi connectivity index (χ0) is 16.9. The summed E-state index contributed by atoms with van der Waals surface area (Å²) in [4.78, 5) is 16.8. The van der Waals surface area contributed by atoms with E-state index in [4.69, 9.17) is 4.74 Å². The minimum absolute atomic E-state index is 0.109. The van der Waals surface area contributed by atoms with Crippen LogP contribution in [0.2, 0.25) is 0 Å². The minimum atomic E-state index is 0.109. The topological polar surface area (TPSA) is 44.8 Å². The first-order chi connectivity index (χ1) is 11.7. The molecule has 24 heavy (non-hydrogen) atoms. The summed E-state index contributed by atoms with van der Waals surface area (Å²) in [7, 11) is 1.71. The number of anilines is 1. The van der Waals surface area contributed by atoms with E-state index in [2.05, 4.69) is 23.2 Å². The lowest BCUT2D eigenvalue weighted by Crippen LogP contribution is -2.48. The first kappa shape index (κ1) is 16.9. The summed E-state index contributed by atoms with van der Waals surface area (Å²) >= 11 is 0. The molecule has 2 heterocycles. The van der Waals surface area contributed by atoms with Crippen molar-refractivity contribution >= 4 is 11.7 Å². The molecule has 1 aromatic rings. The van der Waals surface area contributed by atoms with E-state index in [0.717, 1.165) is 56.9 Å². The Hall–Kier alpha value is -1.91. The molecule has 2 atom stereocenters. The molecule has 0 spiro atoms. The SMILES string of the molecule is COc1ccccc1N1CC[C@@H](CNC(=O)N2CCCC[C@@H]2C)C1. The van der Waals surface area contributed by atoms with Gasteiger partial charge in [-0.2, -0.15) is 0 Å². The second kappa shape index (κ2) is 7.77. The lowest BCUT2D eigenvalue weighted by molar-refractivity contribution is 0.157. The van der Waals surface area contributed by atoms with E-state index >= 15 is 0 Å². The number of carbonyl (C=O) groups is 1. The van der Waals surface area contributed by atoms with Crippen molar-refractivity contribution in [3.05, 3.63) is 24.3 Å². The third kappa shape index (κ3) is 3.77. The number of likely N-dealkylation sites (tertiary alicyclic amines) is 1. The molecule has 0 unspecified atom stereocenters. The number of benzene rings is 1. The Morgan fingerprint density at radius 1 is 1.25 bits per heavy atom. The zero-order valence-corrected chi connectivity index (χ0v) is 14.8. The lowest BCUT2D eigenvalue weighted by atomic mass is 10.0. The molecule has 2 amide bonds. The van der Waals surface area contributed by atoms with Crippen LogP contribution in [0.5, 0.6) is 5.75 Å². The highest BCUT2D eigenvalue weighted by molar-refractivity contribution is 5.74. The summed E-state index contributed by atoms with van der Waals surface area (Å²) in [5.74, 6) is 1.42. The highest BCUT2D eigenvalue weighted by Gasteiger charge is 2.27. The Bertz CT molecular complexity index is 563. The molecule has 3 rings (SSSR count). The molecule has 132 valence electrons. The number of para-hydroxylation sites is 2. The van der Waals surface area contributed by atoms with E-state index in [1.165, 1.54) is 6.42 Å². The predicted octanol–water partition coefficient (Wildman–Crippen LogP) is 3.11. The van der Waals surface area contributed by atoms with Crippen LogP contribution in [0.15, 0.2) is 24.3 Å². The molecule has 2 aliphatic rings. The van der Waals surface area contributed by atoms with Crippen molar-refractivity contribution in [2.75, 3.05) is 38.2 Å². The van der Waals surface area contributed by atoms with Gasteiger partial charge in [0, 0.05) is 32.2 Å². The second-order valence-corrected chi connectivity index (χ2v) is 7.00. The number of urea groups is 1. The molecule has 0 saturated carbocycles. The van der Waals surface area contributed by atoms with Crippen molar-refractivity contribution in [1.82, 2.24) is 10.2 Å². The molecule has 2 fully saturated rings. The number of methoxy groups -OCH3 is 1. The monoisotopic (exact) mass is 331 g/mol. The quantitative estimate of drug-likeness (QED) is 0.922. The van der Waals surface area contributed by atoms with Crippen molar-refractivity contribution in [1.29, 1.82) is 0 Å². The predicted molar refractivity (Wildman–Crippen MR) is 96.7 cm³/mol. The van der Waals surface area contributed by atoms with Gasteiger partial charge in [0.1, 0.15) is 5.75 Å². The fourth-order valence-electron chi connectivity index (χ4n) is 3.84. The molecule has 0 bridgehead atoms. The van der Waals surface area contributed by atoms with Gasteiger partial charge in [0.05, 0.1) is 12.8 Å². The number of nitrogens with one attached hydrogen (secondary N) is 1. The Morgan fingerprint density at radius 2 is 2.08 bits per heavy atom. The van der Waals surface area contributed by atoms with Crippen molar-refractivity contribution < 1.29 is 9.53 Å². The van der Waals surface area contributed by atoms with Crippen LogP contribution in [0.25, 0.3) is 0 Å². The highest BCUT2D eigenvalue weighted by Crippen LogP contribution is 2.31. The molecule has 2 saturated heterocycles. The van der Waals surface area contributed by atoms with Crippen molar-refractivity contribution in [3.8, 4) is 5.75 Å². The summed E-state index contributed by atoms with van der Waals surface area (Å²) in [6.45, 7) is 5.79. The number of amides is 2. The average Bonchev–Trinajstić information content (AvgIpc) is 3.09. The molecular weight excluding hydrogens is 302 g/mol. The van der Waals surface area contributed by atoms with Gasteiger partial charge in [-0.1, -0.05) is 12.1 Å². The van der Waals surface area contributed by atoms with Gasteiger partial charge in [-0.3, -0.25) is 0 Å². The van der Waals surface area contributed by atoms with Gasteiger partial charge >= 0.3 is 6.03 Å². The number of ether oxygens (including phenoxy) is 1. The number of rotatable bonds is 4. The van der Waals surface area contributed by atoms with Crippen LogP contribution < -0.4 is 15.0 Å². The van der Waals surface area contributed by atoms with E-state index in [0.29, 0.717) is 12.0 Å². The molecule has 5 nitrogen and oxygen atoms in total. The molecule has 0 aromatic heterocycles. The first-order valence-electron chi connectivity index (χ1n) is 9.11. The number of piperidine rings is 1. The van der Waals surface area contributed by atoms with Crippen molar-refractivity contribution in [2.45, 2.75) is 38.6 Å².